The van der Waals surface area contributed by atoms with Gasteiger partial charge in [0.25, 0.3) is 0 Å². The van der Waals surface area contributed by atoms with E-state index in [1.54, 1.807) is 0 Å². The number of unbranched alkanes of at least 4 members (excludes halogenated alkanes) is 56. The van der Waals surface area contributed by atoms with Gasteiger partial charge in [-0.2, -0.15) is 0 Å². The number of hydrogen-bond donors (Lipinski definition) is 2. The molecule has 0 amide bonds. The summed E-state index contributed by atoms with van der Waals surface area (Å²) in [6.45, 7) is 32.6. The van der Waals surface area contributed by atoms with Gasteiger partial charge >= 0.3 is 0 Å². The van der Waals surface area contributed by atoms with Crippen LogP contribution in [0.4, 0.5) is 0 Å². The molecule has 0 aliphatic carbocycles. The molecule has 2 aliphatic rings. The van der Waals surface area contributed by atoms with Crippen LogP contribution in [0.5, 0.6) is 46.0 Å². The molecule has 0 unspecified atom stereocenters. The zero-order valence-electron chi connectivity index (χ0n) is 91.3. The summed E-state index contributed by atoms with van der Waals surface area (Å²) < 4.78 is 55.7. The van der Waals surface area contributed by atoms with Crippen molar-refractivity contribution in [2.24, 2.45) is 0 Å². The summed E-state index contributed by atoms with van der Waals surface area (Å²) in [4.78, 5) is 20.3. The number of H-pyrrole nitrogens is 2. The summed E-state index contributed by atoms with van der Waals surface area (Å²) in [6, 6.07) is 35.9. The summed E-state index contributed by atoms with van der Waals surface area (Å²) in [5.74, 6) is 6.35. The third-order valence-electron chi connectivity index (χ3n) is 29.3. The van der Waals surface area contributed by atoms with Crippen LogP contribution in [0, 0.1) is 13.8 Å². The van der Waals surface area contributed by atoms with Gasteiger partial charge in [-0.25, -0.2) is 9.97 Å². The minimum Gasteiger partial charge on any atom is -0.490 e. The van der Waals surface area contributed by atoms with Gasteiger partial charge in [0.15, 0.2) is 46.0 Å². The lowest BCUT2D eigenvalue weighted by Gasteiger charge is -2.16. The highest BCUT2D eigenvalue weighted by molar-refractivity contribution is 6.06. The molecule has 9 rings (SSSR count). The van der Waals surface area contributed by atoms with Crippen molar-refractivity contribution in [3.05, 3.63) is 142 Å². The summed E-state index contributed by atoms with van der Waals surface area (Å²) in [7, 11) is 0. The molecule has 0 saturated carbocycles. The van der Waals surface area contributed by atoms with E-state index in [1.807, 2.05) is 0 Å². The zero-order valence-corrected chi connectivity index (χ0v) is 91.3. The Hall–Kier alpha value is -8.12. The van der Waals surface area contributed by atoms with E-state index < -0.39 is 0 Å². The first kappa shape index (κ1) is 115. The van der Waals surface area contributed by atoms with Crippen molar-refractivity contribution in [1.82, 2.24) is 19.9 Å². The second-order valence-corrected chi connectivity index (χ2v) is 41.4. The maximum atomic E-state index is 7.05. The Balaban J connectivity index is 1.27. The Kier molecular flexibility index (Phi) is 58.9. The molecule has 0 atom stereocenters. The van der Waals surface area contributed by atoms with E-state index in [0.29, 0.717) is 52.9 Å². The molecular weight excluding hydrogens is 1720 g/mol. The van der Waals surface area contributed by atoms with Crippen LogP contribution in [0.15, 0.2) is 97.1 Å². The fourth-order valence-electron chi connectivity index (χ4n) is 20.6. The number of ether oxygens (including phenoxy) is 8. The molecule has 3 aromatic heterocycles. The summed E-state index contributed by atoms with van der Waals surface area (Å²) in [6.07, 6.45) is 78.9. The molecule has 0 radical (unpaired) electrons. The fraction of sp³-hybridized carbons (Fsp3) is 0.656. The monoisotopic (exact) mass is 1920 g/mol. The molecule has 2 aliphatic heterocycles. The summed E-state index contributed by atoms with van der Waals surface area (Å²) >= 11 is 0. The van der Waals surface area contributed by atoms with Gasteiger partial charge in [0.05, 0.1) is 86.7 Å². The SMILES string of the molecule is CCCCCCCCCCOc1ccc(C2=C(C)c3nc2ccc2[nH]c(c4nc(ccc5[nH]c3c(C)c5-c3ccc(OCCCCCCCCCC)c(OCCCCCCCCCC)c3)C(c3ccc(OCCCCCCCCCC)c(OCCCCCCCCCC)c3)=C4C)c(C)c2-c2ccc(OCCCCCCCCCC)c(OCCCCCCCCCC)c2)cc1OCCCCCCCCCC. The van der Waals surface area contributed by atoms with Gasteiger partial charge in [-0.3, -0.25) is 0 Å². The molecule has 778 valence electrons. The van der Waals surface area contributed by atoms with Gasteiger partial charge in [-0.1, -0.05) is 439 Å². The highest BCUT2D eigenvalue weighted by Gasteiger charge is 2.29. The molecule has 0 spiro atoms. The lowest BCUT2D eigenvalue weighted by Crippen LogP contribution is -2.03. The zero-order chi connectivity index (χ0) is 98.9. The molecule has 12 nitrogen and oxygen atoms in total. The van der Waals surface area contributed by atoms with E-state index in [9.17, 15) is 0 Å². The van der Waals surface area contributed by atoms with E-state index in [0.717, 1.165) is 260 Å². The van der Waals surface area contributed by atoms with Gasteiger partial charge in [-0.05, 0) is 196 Å². The Labute approximate surface area is 854 Å². The number of aromatic nitrogens is 4. The maximum absolute atomic E-state index is 7.05. The number of benzene rings is 4. The first-order chi connectivity index (χ1) is 69.0. The van der Waals surface area contributed by atoms with Crippen molar-refractivity contribution in [2.75, 3.05) is 52.9 Å². The number of rotatable bonds is 84. The number of hydrogen-bond acceptors (Lipinski definition) is 10. The molecular formula is C128H198N4O8. The summed E-state index contributed by atoms with van der Waals surface area (Å²) in [5, 5.41) is 0. The molecule has 4 aromatic carbocycles. The van der Waals surface area contributed by atoms with Crippen LogP contribution in [0.2, 0.25) is 0 Å². The second kappa shape index (κ2) is 71.4. The quantitative estimate of drug-likeness (QED) is 0.0355. The lowest BCUT2D eigenvalue weighted by molar-refractivity contribution is 0.258. The van der Waals surface area contributed by atoms with E-state index in [4.69, 9.17) is 47.9 Å². The molecule has 0 fully saturated rings. The number of allylic oxidation sites excluding steroid dienone is 2. The molecule has 5 heterocycles. The fourth-order valence-corrected chi connectivity index (χ4v) is 20.6. The van der Waals surface area contributed by atoms with Crippen LogP contribution >= 0.6 is 0 Å². The molecule has 7 aromatic rings. The predicted octanol–water partition coefficient (Wildman–Crippen LogP) is 40.4. The third kappa shape index (κ3) is 40.8. The molecule has 2 N–H and O–H groups in total. The first-order valence-electron chi connectivity index (χ1n) is 58.8. The highest BCUT2D eigenvalue weighted by Crippen LogP contribution is 2.48. The molecule has 0 saturated heterocycles. The molecule has 8 bridgehead atoms. The van der Waals surface area contributed by atoms with Gasteiger partial charge in [0.2, 0.25) is 0 Å². The highest BCUT2D eigenvalue weighted by atomic mass is 16.5. The third-order valence-corrected chi connectivity index (χ3v) is 29.3. The van der Waals surface area contributed by atoms with Crippen molar-refractivity contribution in [1.29, 1.82) is 0 Å². The van der Waals surface area contributed by atoms with Crippen LogP contribution in [0.25, 0.3) is 66.6 Å². The Morgan fingerprint density at radius 1 is 0.193 bits per heavy atom. The van der Waals surface area contributed by atoms with Crippen molar-refractivity contribution >= 4 is 44.4 Å². The Morgan fingerprint density at radius 2 is 0.371 bits per heavy atom. The minimum atomic E-state index is 0.619. The number of fused-ring (bicyclic) bond motifs is 10. The van der Waals surface area contributed by atoms with Gasteiger partial charge in [0.1, 0.15) is 0 Å². The number of aryl methyl sites for hydroxylation is 2. The van der Waals surface area contributed by atoms with E-state index in [-0.39, 0.29) is 0 Å². The molecule has 12 heteroatoms. The van der Waals surface area contributed by atoms with Crippen molar-refractivity contribution in [3.63, 3.8) is 0 Å². The van der Waals surface area contributed by atoms with Crippen molar-refractivity contribution in [3.8, 4) is 68.2 Å². The summed E-state index contributed by atoms with van der Waals surface area (Å²) in [5.41, 5.74) is 19.9. The first-order valence-corrected chi connectivity index (χ1v) is 58.8. The van der Waals surface area contributed by atoms with Crippen LogP contribution in [0.3, 0.4) is 0 Å². The largest absolute Gasteiger partial charge is 0.490 e. The lowest BCUT2D eigenvalue weighted by atomic mass is 9.96. The van der Waals surface area contributed by atoms with Crippen molar-refractivity contribution in [2.45, 2.75) is 494 Å². The minimum absolute atomic E-state index is 0.619. The second-order valence-electron chi connectivity index (χ2n) is 41.4. The predicted molar refractivity (Wildman–Crippen MR) is 602 cm³/mol. The van der Waals surface area contributed by atoms with E-state index in [2.05, 4.69) is 190 Å². The Morgan fingerprint density at radius 3 is 0.579 bits per heavy atom. The van der Waals surface area contributed by atoms with E-state index in [1.165, 1.54) is 308 Å². The van der Waals surface area contributed by atoms with Gasteiger partial charge < -0.3 is 47.9 Å². The van der Waals surface area contributed by atoms with Crippen molar-refractivity contribution < 1.29 is 37.9 Å². The normalized spacial score (nSPS) is 12.1. The number of nitrogens with zero attached hydrogens (tertiary/aromatic N) is 2. The average Bonchev–Trinajstić information content (AvgIpc) is 1.59. The van der Waals surface area contributed by atoms with Crippen LogP contribution < -0.4 is 37.9 Å². The van der Waals surface area contributed by atoms with E-state index >= 15 is 0 Å². The van der Waals surface area contributed by atoms with Crippen LogP contribution in [-0.4, -0.2) is 72.8 Å². The maximum Gasteiger partial charge on any atom is 0.161 e. The number of aromatic amines is 2. The molecule has 140 heavy (non-hydrogen) atoms. The number of nitrogens with one attached hydrogen (secondary N) is 2. The Bertz CT molecular complexity index is 4480. The smallest absolute Gasteiger partial charge is 0.161 e. The topological polar surface area (TPSA) is 131 Å². The van der Waals surface area contributed by atoms with Gasteiger partial charge in [-0.15, -0.1) is 0 Å². The van der Waals surface area contributed by atoms with Crippen LogP contribution in [0.1, 0.15) is 525 Å². The van der Waals surface area contributed by atoms with Crippen LogP contribution in [-0.2, 0) is 0 Å². The average molecular weight is 1920 g/mol. The standard InChI is InChI=1S/C128H198N4O8/c1-13-21-29-37-45-53-61-69-89-133-113-85-77-105(97-117(113)137-93-73-65-57-49-41-33-25-17-5)121-101(9)125-126-102(10)122(106-78-86-114(134-90-70-62-54-46-38-30-22-14-2)118(98-106)138-94-74-66-58-50-42-34-26-18-6)111(130-126)83-84-112-124(108-80-88-116(136-92-72-64-56-48-40-32-24-16-4)120(100-108)140-96-76-68-60-52-44-36-28-20-8)104(12)128(132-112)127-103(11)123(110(131-127)82-81-109(121)129-125)107-79-87-115(135-91-71-63-55-47-39-31-23-15-3)119(99-107)139-95-75-67-59-51-43-35-27-19-7/h77-88,97-100,129,132H,13-76,89-96H2,1-12H3. The van der Waals surface area contributed by atoms with Gasteiger partial charge in [0, 0.05) is 33.3 Å².